The van der Waals surface area contributed by atoms with Crippen molar-refractivity contribution in [2.45, 2.75) is 31.6 Å². The summed E-state index contributed by atoms with van der Waals surface area (Å²) in [6, 6.07) is 7.46. The molecule has 0 aliphatic carbocycles. The molecule has 114 valence electrons. The lowest BCUT2D eigenvalue weighted by Crippen LogP contribution is -2.42. The Morgan fingerprint density at radius 2 is 2.24 bits per heavy atom. The maximum absolute atomic E-state index is 12.4. The zero-order valence-corrected chi connectivity index (χ0v) is 14.4. The van der Waals surface area contributed by atoms with Gasteiger partial charge in [0.2, 0.25) is 5.91 Å². The van der Waals surface area contributed by atoms with E-state index < -0.39 is 6.09 Å². The van der Waals surface area contributed by atoms with E-state index in [1.807, 2.05) is 38.1 Å². The van der Waals surface area contributed by atoms with Gasteiger partial charge in [-0.2, -0.15) is 12.6 Å². The Labute approximate surface area is 138 Å². The van der Waals surface area contributed by atoms with E-state index in [1.165, 1.54) is 4.90 Å². The Balaban J connectivity index is 2.08. The summed E-state index contributed by atoms with van der Waals surface area (Å²) in [7, 11) is 0. The van der Waals surface area contributed by atoms with Crippen molar-refractivity contribution in [1.29, 1.82) is 0 Å². The maximum Gasteiger partial charge on any atom is 0.416 e. The number of cyclic esters (lactones) is 1. The minimum absolute atomic E-state index is 0.165. The van der Waals surface area contributed by atoms with Gasteiger partial charge in [-0.3, -0.25) is 4.79 Å². The number of hydrogen-bond donors (Lipinski definition) is 1. The highest BCUT2D eigenvalue weighted by molar-refractivity contribution is 9.10. The van der Waals surface area contributed by atoms with E-state index in [1.54, 1.807) is 0 Å². The highest BCUT2D eigenvalue weighted by atomic mass is 79.9. The summed E-state index contributed by atoms with van der Waals surface area (Å²) in [6.45, 7) is 4.22. The molecule has 4 nitrogen and oxygen atoms in total. The van der Waals surface area contributed by atoms with Crippen LogP contribution in [-0.2, 0) is 9.53 Å². The first-order chi connectivity index (χ1) is 9.90. The van der Waals surface area contributed by atoms with Gasteiger partial charge in [0.05, 0.1) is 6.04 Å². The summed E-state index contributed by atoms with van der Waals surface area (Å²) in [4.78, 5) is 25.4. The van der Waals surface area contributed by atoms with Crippen LogP contribution >= 0.6 is 28.6 Å². The molecule has 2 atom stereocenters. The second-order valence-corrected chi connectivity index (χ2v) is 6.97. The molecule has 0 radical (unpaired) electrons. The van der Waals surface area contributed by atoms with E-state index in [0.29, 0.717) is 0 Å². The fourth-order valence-corrected chi connectivity index (χ4v) is 3.04. The molecular formula is C15H18BrNO3S. The third-order valence-corrected chi connectivity index (χ3v) is 4.52. The van der Waals surface area contributed by atoms with Crippen molar-refractivity contribution in [1.82, 2.24) is 4.90 Å². The van der Waals surface area contributed by atoms with Crippen LogP contribution in [0.4, 0.5) is 4.79 Å². The zero-order valence-electron chi connectivity index (χ0n) is 12.0. The van der Waals surface area contributed by atoms with Crippen molar-refractivity contribution >= 4 is 40.6 Å². The predicted molar refractivity (Wildman–Crippen MR) is 87.3 cm³/mol. The van der Waals surface area contributed by atoms with Gasteiger partial charge in [0, 0.05) is 16.1 Å². The molecule has 1 aromatic rings. The van der Waals surface area contributed by atoms with Crippen LogP contribution in [0.5, 0.6) is 0 Å². The smallest absolute Gasteiger partial charge is 0.416 e. The summed E-state index contributed by atoms with van der Waals surface area (Å²) in [5.41, 5.74) is 0.940. The topological polar surface area (TPSA) is 46.6 Å². The molecule has 6 heteroatoms. The molecule has 1 aliphatic heterocycles. The van der Waals surface area contributed by atoms with Gasteiger partial charge in [0.1, 0.15) is 6.61 Å². The van der Waals surface area contributed by atoms with Gasteiger partial charge in [-0.25, -0.2) is 9.69 Å². The van der Waals surface area contributed by atoms with Crippen LogP contribution in [0.15, 0.2) is 28.7 Å². The van der Waals surface area contributed by atoms with Crippen LogP contribution in [0.3, 0.4) is 0 Å². The first-order valence-electron chi connectivity index (χ1n) is 6.82. The molecule has 0 saturated carbocycles. The standard InChI is InChI=1S/C15H18BrNO3S/c1-9(2)12-8-20-15(19)17(12)14(18)7-13(21)10-4-3-5-11(16)6-10/h3-6,9,12-13,21H,7-8H2,1-2H3/t12-,13-/m1/s1. The summed E-state index contributed by atoms with van der Waals surface area (Å²) in [5, 5.41) is -0.254. The number of nitrogens with zero attached hydrogens (tertiary/aromatic N) is 1. The summed E-state index contributed by atoms with van der Waals surface area (Å²) in [6.07, 6.45) is -0.383. The molecule has 0 spiro atoms. The first-order valence-corrected chi connectivity index (χ1v) is 8.13. The van der Waals surface area contributed by atoms with Gasteiger partial charge in [-0.1, -0.05) is 41.9 Å². The largest absolute Gasteiger partial charge is 0.447 e. The quantitative estimate of drug-likeness (QED) is 0.818. The summed E-state index contributed by atoms with van der Waals surface area (Å²) in [5.74, 6) is -0.0687. The third-order valence-electron chi connectivity index (χ3n) is 3.55. The Kier molecular flexibility index (Phi) is 5.32. The van der Waals surface area contributed by atoms with Crippen molar-refractivity contribution in [2.75, 3.05) is 6.61 Å². The molecule has 0 bridgehead atoms. The number of carbonyl (C=O) groups is 2. The average Bonchev–Trinajstić information content (AvgIpc) is 2.80. The number of ether oxygens (including phenoxy) is 1. The van der Waals surface area contributed by atoms with Gasteiger partial charge >= 0.3 is 6.09 Å². The molecule has 1 saturated heterocycles. The monoisotopic (exact) mass is 371 g/mol. The molecule has 1 fully saturated rings. The maximum atomic E-state index is 12.4. The second kappa shape index (κ2) is 6.83. The van der Waals surface area contributed by atoms with Gasteiger partial charge in [-0.05, 0) is 23.6 Å². The molecule has 0 N–H and O–H groups in total. The minimum Gasteiger partial charge on any atom is -0.447 e. The molecule has 0 aromatic heterocycles. The fraction of sp³-hybridized carbons (Fsp3) is 0.467. The molecular weight excluding hydrogens is 354 g/mol. The van der Waals surface area contributed by atoms with E-state index in [0.717, 1.165) is 10.0 Å². The number of amides is 2. The van der Waals surface area contributed by atoms with Crippen LogP contribution in [0, 0.1) is 5.92 Å². The Morgan fingerprint density at radius 1 is 1.52 bits per heavy atom. The molecule has 2 rings (SSSR count). The van der Waals surface area contributed by atoms with Crippen LogP contribution in [-0.4, -0.2) is 29.5 Å². The SMILES string of the molecule is CC(C)[C@H]1COC(=O)N1C(=O)C[C@@H](S)c1cccc(Br)c1. The predicted octanol–water partition coefficient (Wildman–Crippen LogP) is 3.81. The Hall–Kier alpha value is -1.01. The molecule has 1 aliphatic rings. The normalized spacial score (nSPS) is 19.8. The number of benzene rings is 1. The molecule has 21 heavy (non-hydrogen) atoms. The molecule has 1 aromatic carbocycles. The van der Waals surface area contributed by atoms with Crippen molar-refractivity contribution in [3.05, 3.63) is 34.3 Å². The van der Waals surface area contributed by atoms with Crippen molar-refractivity contribution < 1.29 is 14.3 Å². The molecule has 2 amide bonds. The lowest BCUT2D eigenvalue weighted by Gasteiger charge is -2.23. The highest BCUT2D eigenvalue weighted by Crippen LogP contribution is 2.29. The number of rotatable bonds is 4. The van der Waals surface area contributed by atoms with Gasteiger partial charge < -0.3 is 4.74 Å². The zero-order chi connectivity index (χ0) is 15.6. The summed E-state index contributed by atoms with van der Waals surface area (Å²) >= 11 is 7.89. The van der Waals surface area contributed by atoms with E-state index in [-0.39, 0.29) is 36.1 Å². The van der Waals surface area contributed by atoms with E-state index in [9.17, 15) is 9.59 Å². The highest BCUT2D eigenvalue weighted by Gasteiger charge is 2.39. The van der Waals surface area contributed by atoms with Crippen LogP contribution < -0.4 is 0 Å². The van der Waals surface area contributed by atoms with Crippen molar-refractivity contribution in [2.24, 2.45) is 5.92 Å². The van der Waals surface area contributed by atoms with E-state index in [4.69, 9.17) is 4.74 Å². The number of carbonyl (C=O) groups excluding carboxylic acids is 2. The molecule has 0 unspecified atom stereocenters. The second-order valence-electron chi connectivity index (χ2n) is 5.43. The minimum atomic E-state index is -0.548. The van der Waals surface area contributed by atoms with Gasteiger partial charge in [0.15, 0.2) is 0 Å². The van der Waals surface area contributed by atoms with Gasteiger partial charge in [0.25, 0.3) is 0 Å². The Morgan fingerprint density at radius 3 is 2.86 bits per heavy atom. The summed E-state index contributed by atoms with van der Waals surface area (Å²) < 4.78 is 5.94. The van der Waals surface area contributed by atoms with Crippen LogP contribution in [0.1, 0.15) is 31.1 Å². The third kappa shape index (κ3) is 3.80. The van der Waals surface area contributed by atoms with E-state index >= 15 is 0 Å². The fourth-order valence-electron chi connectivity index (χ4n) is 2.31. The van der Waals surface area contributed by atoms with Gasteiger partial charge in [-0.15, -0.1) is 0 Å². The lowest BCUT2D eigenvalue weighted by molar-refractivity contribution is -0.129. The Bertz CT molecular complexity index is 549. The van der Waals surface area contributed by atoms with Crippen molar-refractivity contribution in [3.63, 3.8) is 0 Å². The lowest BCUT2D eigenvalue weighted by atomic mass is 10.0. The number of hydrogen-bond acceptors (Lipinski definition) is 4. The average molecular weight is 372 g/mol. The number of halogens is 1. The van der Waals surface area contributed by atoms with E-state index in [2.05, 4.69) is 28.6 Å². The molecule has 1 heterocycles. The number of thiol groups is 1. The van der Waals surface area contributed by atoms with Crippen molar-refractivity contribution in [3.8, 4) is 0 Å². The first kappa shape index (κ1) is 16.4. The van der Waals surface area contributed by atoms with Crippen LogP contribution in [0.25, 0.3) is 0 Å². The van der Waals surface area contributed by atoms with Crippen LogP contribution in [0.2, 0.25) is 0 Å². The number of imide groups is 1.